The van der Waals surface area contributed by atoms with Crippen LogP contribution in [0.5, 0.6) is 0 Å². The molecule has 0 aliphatic carbocycles. The highest BCUT2D eigenvalue weighted by molar-refractivity contribution is 7.80. The van der Waals surface area contributed by atoms with E-state index in [4.69, 9.17) is 29.6 Å². The van der Waals surface area contributed by atoms with E-state index in [2.05, 4.69) is 11.4 Å². The molecule has 1 aliphatic rings. The molecule has 1 atom stereocenters. The second kappa shape index (κ2) is 6.62. The Bertz CT molecular complexity index is 553. The van der Waals surface area contributed by atoms with Crippen molar-refractivity contribution in [3.63, 3.8) is 0 Å². The number of nitrogens with two attached hydrogens (primary N) is 1. The molecule has 4 nitrogen and oxygen atoms in total. The van der Waals surface area contributed by atoms with Gasteiger partial charge in [-0.2, -0.15) is 0 Å². The number of nitrogens with one attached hydrogen (secondary N) is 1. The minimum Gasteiger partial charge on any atom is -0.369 e. The fraction of sp³-hybridized carbons (Fsp3) is 0.467. The van der Waals surface area contributed by atoms with Crippen molar-refractivity contribution in [1.29, 1.82) is 0 Å². The predicted octanol–water partition coefficient (Wildman–Crippen LogP) is 2.85. The lowest BCUT2D eigenvalue weighted by Crippen LogP contribution is -2.45. The summed E-state index contributed by atoms with van der Waals surface area (Å²) in [6.07, 6.45) is 1.74. The van der Waals surface area contributed by atoms with Crippen LogP contribution in [0, 0.1) is 19.8 Å². The molecule has 0 saturated carbocycles. The van der Waals surface area contributed by atoms with Crippen LogP contribution < -0.4 is 11.1 Å². The van der Waals surface area contributed by atoms with Gasteiger partial charge < -0.3 is 16.0 Å². The summed E-state index contributed by atoms with van der Waals surface area (Å²) in [7, 11) is 0. The average molecular weight is 326 g/mol. The standard InChI is InChI=1S/C15H20ClN3OS/c1-9-6-10(2)13(12(16)7-9)18-15(21)19-5-3-4-11(8-19)14(17)20/h6-7,11H,3-5,8H2,1-2H3,(H2,17,20)(H,18,21)/t11-/m1/s1. The number of hydrogen-bond donors (Lipinski definition) is 2. The first-order valence-electron chi connectivity index (χ1n) is 7.00. The molecule has 21 heavy (non-hydrogen) atoms. The van der Waals surface area contributed by atoms with Crippen LogP contribution in [0.3, 0.4) is 0 Å². The van der Waals surface area contributed by atoms with E-state index < -0.39 is 0 Å². The summed E-state index contributed by atoms with van der Waals surface area (Å²) in [4.78, 5) is 13.3. The van der Waals surface area contributed by atoms with Crippen LogP contribution in [0.25, 0.3) is 0 Å². The van der Waals surface area contributed by atoms with E-state index in [1.54, 1.807) is 0 Å². The third kappa shape index (κ3) is 3.86. The minimum absolute atomic E-state index is 0.131. The second-order valence-corrected chi connectivity index (χ2v) is 6.35. The zero-order chi connectivity index (χ0) is 15.6. The first-order valence-corrected chi connectivity index (χ1v) is 7.79. The number of benzene rings is 1. The van der Waals surface area contributed by atoms with Crippen molar-refractivity contribution >= 4 is 40.5 Å². The number of anilines is 1. The van der Waals surface area contributed by atoms with Gasteiger partial charge in [-0.05, 0) is 56.1 Å². The fourth-order valence-corrected chi connectivity index (χ4v) is 3.29. The van der Waals surface area contributed by atoms with Gasteiger partial charge >= 0.3 is 0 Å². The lowest BCUT2D eigenvalue weighted by atomic mass is 9.98. The van der Waals surface area contributed by atoms with E-state index in [1.165, 1.54) is 0 Å². The number of carbonyl (C=O) groups excluding carboxylic acids is 1. The molecule has 1 heterocycles. The number of hydrogen-bond acceptors (Lipinski definition) is 2. The molecule has 2 rings (SSSR count). The summed E-state index contributed by atoms with van der Waals surface area (Å²) < 4.78 is 0. The van der Waals surface area contributed by atoms with Crippen LogP contribution in [-0.2, 0) is 4.79 Å². The van der Waals surface area contributed by atoms with E-state index in [0.717, 1.165) is 36.2 Å². The van der Waals surface area contributed by atoms with E-state index in [9.17, 15) is 4.79 Å². The Balaban J connectivity index is 2.10. The molecule has 1 aromatic carbocycles. The number of halogens is 1. The maximum Gasteiger partial charge on any atom is 0.222 e. The molecular weight excluding hydrogens is 306 g/mol. The Morgan fingerprint density at radius 3 is 2.81 bits per heavy atom. The molecule has 0 radical (unpaired) electrons. The predicted molar refractivity (Wildman–Crippen MR) is 90.6 cm³/mol. The SMILES string of the molecule is Cc1cc(C)c(NC(=S)N2CCC[C@@H](C(N)=O)C2)c(Cl)c1. The summed E-state index contributed by atoms with van der Waals surface area (Å²) in [6.45, 7) is 5.40. The largest absolute Gasteiger partial charge is 0.369 e. The second-order valence-electron chi connectivity index (χ2n) is 5.56. The van der Waals surface area contributed by atoms with Crippen molar-refractivity contribution in [2.75, 3.05) is 18.4 Å². The van der Waals surface area contributed by atoms with Crippen LogP contribution >= 0.6 is 23.8 Å². The van der Waals surface area contributed by atoms with Gasteiger partial charge in [-0.15, -0.1) is 0 Å². The van der Waals surface area contributed by atoms with Gasteiger partial charge in [-0.3, -0.25) is 4.79 Å². The molecule has 6 heteroatoms. The Morgan fingerprint density at radius 2 is 2.19 bits per heavy atom. The van der Waals surface area contributed by atoms with Gasteiger partial charge in [0, 0.05) is 13.1 Å². The van der Waals surface area contributed by atoms with Crippen LogP contribution in [0.2, 0.25) is 5.02 Å². The maximum atomic E-state index is 11.3. The quantitative estimate of drug-likeness (QED) is 0.821. The third-order valence-electron chi connectivity index (χ3n) is 3.77. The molecule has 1 amide bonds. The van der Waals surface area contributed by atoms with Gasteiger partial charge in [0.1, 0.15) is 0 Å². The Labute approximate surface area is 135 Å². The smallest absolute Gasteiger partial charge is 0.222 e. The van der Waals surface area contributed by atoms with Crippen molar-refractivity contribution in [3.05, 3.63) is 28.3 Å². The normalized spacial score (nSPS) is 18.4. The maximum absolute atomic E-state index is 11.3. The third-order valence-corrected chi connectivity index (χ3v) is 4.43. The minimum atomic E-state index is -0.257. The molecule has 114 valence electrons. The number of nitrogens with zero attached hydrogens (tertiary/aromatic N) is 1. The Kier molecular flexibility index (Phi) is 5.06. The monoisotopic (exact) mass is 325 g/mol. The highest BCUT2D eigenvalue weighted by Gasteiger charge is 2.25. The molecule has 0 unspecified atom stereocenters. The molecule has 1 fully saturated rings. The van der Waals surface area contributed by atoms with Gasteiger partial charge in [-0.1, -0.05) is 17.7 Å². The number of amides is 1. The number of rotatable bonds is 2. The van der Waals surface area contributed by atoms with Crippen molar-refractivity contribution in [2.45, 2.75) is 26.7 Å². The highest BCUT2D eigenvalue weighted by Crippen LogP contribution is 2.28. The van der Waals surface area contributed by atoms with Crippen molar-refractivity contribution < 1.29 is 4.79 Å². The number of carbonyl (C=O) groups is 1. The van der Waals surface area contributed by atoms with Crippen LogP contribution in [-0.4, -0.2) is 29.0 Å². The summed E-state index contributed by atoms with van der Waals surface area (Å²) in [5.41, 5.74) is 8.38. The molecule has 3 N–H and O–H groups in total. The number of aryl methyl sites for hydroxylation is 2. The number of primary amides is 1. The topological polar surface area (TPSA) is 58.4 Å². The van der Waals surface area contributed by atoms with Gasteiger partial charge in [0.05, 0.1) is 16.6 Å². The number of piperidine rings is 1. The van der Waals surface area contributed by atoms with Crippen molar-refractivity contribution in [3.8, 4) is 0 Å². The first kappa shape index (κ1) is 16.0. The van der Waals surface area contributed by atoms with Crippen molar-refractivity contribution in [2.24, 2.45) is 11.7 Å². The first-order chi connectivity index (χ1) is 9.88. The zero-order valence-corrected chi connectivity index (χ0v) is 13.9. The summed E-state index contributed by atoms with van der Waals surface area (Å²) in [5, 5.41) is 4.45. The zero-order valence-electron chi connectivity index (χ0n) is 12.3. The van der Waals surface area contributed by atoms with E-state index >= 15 is 0 Å². The van der Waals surface area contributed by atoms with Gasteiger partial charge in [0.25, 0.3) is 0 Å². The van der Waals surface area contributed by atoms with E-state index in [0.29, 0.717) is 16.7 Å². The number of likely N-dealkylation sites (tertiary alicyclic amines) is 1. The molecule has 1 saturated heterocycles. The molecule has 0 bridgehead atoms. The molecular formula is C15H20ClN3OS. The van der Waals surface area contributed by atoms with Crippen molar-refractivity contribution in [1.82, 2.24) is 4.90 Å². The summed E-state index contributed by atoms with van der Waals surface area (Å²) in [5.74, 6) is -0.389. The molecule has 0 aromatic heterocycles. The van der Waals surface area contributed by atoms with Gasteiger partial charge in [0.15, 0.2) is 5.11 Å². The average Bonchev–Trinajstić information content (AvgIpc) is 2.42. The van der Waals surface area contributed by atoms with Crippen LogP contribution in [0.1, 0.15) is 24.0 Å². The van der Waals surface area contributed by atoms with E-state index in [1.807, 2.05) is 24.8 Å². The molecule has 1 aliphatic heterocycles. The lowest BCUT2D eigenvalue weighted by molar-refractivity contribution is -0.122. The molecule has 1 aromatic rings. The Hall–Kier alpha value is -1.33. The summed E-state index contributed by atoms with van der Waals surface area (Å²) in [6, 6.07) is 3.96. The fourth-order valence-electron chi connectivity index (χ4n) is 2.65. The Morgan fingerprint density at radius 1 is 1.48 bits per heavy atom. The van der Waals surface area contributed by atoms with Gasteiger partial charge in [-0.25, -0.2) is 0 Å². The van der Waals surface area contributed by atoms with Crippen LogP contribution in [0.4, 0.5) is 5.69 Å². The lowest BCUT2D eigenvalue weighted by Gasteiger charge is -2.33. The molecule has 0 spiro atoms. The highest BCUT2D eigenvalue weighted by atomic mass is 35.5. The summed E-state index contributed by atoms with van der Waals surface area (Å²) >= 11 is 11.7. The number of thiocarbonyl (C=S) groups is 1. The van der Waals surface area contributed by atoms with Crippen LogP contribution in [0.15, 0.2) is 12.1 Å². The van der Waals surface area contributed by atoms with Gasteiger partial charge in [0.2, 0.25) is 5.91 Å². The van der Waals surface area contributed by atoms with E-state index in [-0.39, 0.29) is 11.8 Å².